The second kappa shape index (κ2) is 6.41. The Labute approximate surface area is 132 Å². The Kier molecular flexibility index (Phi) is 4.74. The second-order valence-electron chi connectivity index (χ2n) is 6.09. The normalized spacial score (nSPS) is 13.1. The van der Waals surface area contributed by atoms with Crippen LogP contribution in [0.15, 0.2) is 20.0 Å². The number of H-pyrrole nitrogens is 1. The van der Waals surface area contributed by atoms with Gasteiger partial charge in [-0.15, -0.1) is 0 Å². The van der Waals surface area contributed by atoms with Gasteiger partial charge in [-0.3, -0.25) is 0 Å². The number of aliphatic hydroxyl groups is 1. The molecule has 0 bridgehead atoms. The molecular weight excluding hydrogens is 304 g/mol. The highest BCUT2D eigenvalue weighted by molar-refractivity contribution is 5.88. The first-order valence-electron chi connectivity index (χ1n) is 7.19. The van der Waals surface area contributed by atoms with Gasteiger partial charge >= 0.3 is 11.8 Å². The van der Waals surface area contributed by atoms with Crippen molar-refractivity contribution in [3.05, 3.63) is 39.9 Å². The molecule has 0 spiro atoms. The molecule has 0 amide bonds. The summed E-state index contributed by atoms with van der Waals surface area (Å²) in [5.41, 5.74) is -0.143. The fourth-order valence-electron chi connectivity index (χ4n) is 2.40. The topological polar surface area (TPSA) is 119 Å². The molecular formula is C15H20N2O6. The van der Waals surface area contributed by atoms with Gasteiger partial charge in [0.2, 0.25) is 0 Å². The quantitative estimate of drug-likeness (QED) is 0.779. The molecule has 2 aromatic heterocycles. The van der Waals surface area contributed by atoms with E-state index in [0.717, 1.165) is 0 Å². The van der Waals surface area contributed by atoms with Crippen LogP contribution in [-0.2, 0) is 11.3 Å². The maximum atomic E-state index is 12.2. The third kappa shape index (κ3) is 4.32. The Hall–Kier alpha value is -2.35. The lowest BCUT2D eigenvalue weighted by Gasteiger charge is -2.21. The van der Waals surface area contributed by atoms with Gasteiger partial charge in [0.25, 0.3) is 0 Å². The van der Waals surface area contributed by atoms with Crippen molar-refractivity contribution in [3.63, 3.8) is 0 Å². The molecule has 2 heterocycles. The molecule has 8 heteroatoms. The summed E-state index contributed by atoms with van der Waals surface area (Å²) in [5, 5.41) is 9.90. The van der Waals surface area contributed by atoms with E-state index >= 15 is 0 Å². The van der Waals surface area contributed by atoms with Crippen molar-refractivity contribution in [1.29, 1.82) is 0 Å². The van der Waals surface area contributed by atoms with Crippen molar-refractivity contribution >= 4 is 5.97 Å². The average Bonchev–Trinajstić information content (AvgIpc) is 3.00. The lowest BCUT2D eigenvalue weighted by molar-refractivity contribution is 0.0428. The van der Waals surface area contributed by atoms with Crippen molar-refractivity contribution < 1.29 is 23.5 Å². The van der Waals surface area contributed by atoms with Crippen LogP contribution in [0.5, 0.6) is 0 Å². The molecule has 8 nitrogen and oxygen atoms in total. The lowest BCUT2D eigenvalue weighted by atomic mass is 9.92. The van der Waals surface area contributed by atoms with Crippen LogP contribution in [0.4, 0.5) is 0 Å². The van der Waals surface area contributed by atoms with Crippen LogP contribution >= 0.6 is 0 Å². The summed E-state index contributed by atoms with van der Waals surface area (Å²) in [7, 11) is 0. The van der Waals surface area contributed by atoms with Crippen LogP contribution in [0, 0.1) is 6.92 Å². The van der Waals surface area contributed by atoms with Crippen LogP contribution in [0.1, 0.15) is 60.8 Å². The number of rotatable bonds is 6. The molecule has 0 aromatic carbocycles. The van der Waals surface area contributed by atoms with Gasteiger partial charge in [0.05, 0.1) is 17.6 Å². The van der Waals surface area contributed by atoms with Crippen LogP contribution < -0.4 is 5.82 Å². The molecule has 2 N–H and O–H groups in total. The molecule has 0 saturated carbocycles. The van der Waals surface area contributed by atoms with Crippen LogP contribution in [0.25, 0.3) is 0 Å². The first kappa shape index (κ1) is 17.0. The maximum absolute atomic E-state index is 12.2. The molecule has 23 heavy (non-hydrogen) atoms. The summed E-state index contributed by atoms with van der Waals surface area (Å²) in [4.78, 5) is 30.0. The zero-order valence-corrected chi connectivity index (χ0v) is 13.5. The number of carbonyl (C=O) groups excluding carboxylic acids is 1. The molecule has 0 radical (unpaired) electrons. The number of aromatic amines is 1. The number of carbonyl (C=O) groups is 1. The number of hydrogen-bond acceptors (Lipinski definition) is 7. The van der Waals surface area contributed by atoms with Gasteiger partial charge in [-0.2, -0.15) is 0 Å². The minimum absolute atomic E-state index is 0.117. The second-order valence-corrected chi connectivity index (χ2v) is 6.09. The summed E-state index contributed by atoms with van der Waals surface area (Å²) >= 11 is 0. The van der Waals surface area contributed by atoms with Crippen LogP contribution in [0.3, 0.4) is 0 Å². The number of nitrogens with zero attached hydrogens (tertiary/aromatic N) is 1. The SMILES string of the molecule is Cc1oc(=O)oc1COC(=O)c1nc[nH]c1[C@H](C)CC(C)(C)O. The smallest absolute Gasteiger partial charge is 0.453 e. The number of hydrogen-bond donors (Lipinski definition) is 2. The maximum Gasteiger partial charge on any atom is 0.519 e. The van der Waals surface area contributed by atoms with E-state index in [1.807, 2.05) is 6.92 Å². The molecule has 0 aliphatic rings. The van der Waals surface area contributed by atoms with Gasteiger partial charge in [0, 0.05) is 5.92 Å². The molecule has 0 aliphatic carbocycles. The Morgan fingerprint density at radius 3 is 2.74 bits per heavy atom. The van der Waals surface area contributed by atoms with E-state index in [1.165, 1.54) is 6.33 Å². The standard InChI is InChI=1S/C15H20N2O6/c1-8(5-15(3,4)20)11-12(17-7-16-11)13(18)21-6-10-9(2)22-14(19)23-10/h7-8,20H,5-6H2,1-4H3,(H,16,17)/t8-/m1/s1. The molecule has 0 unspecified atom stereocenters. The third-order valence-electron chi connectivity index (χ3n) is 3.33. The van der Waals surface area contributed by atoms with Crippen LogP contribution in [0.2, 0.25) is 0 Å². The fourth-order valence-corrected chi connectivity index (χ4v) is 2.40. The van der Waals surface area contributed by atoms with Crippen molar-refractivity contribution in [2.24, 2.45) is 0 Å². The minimum Gasteiger partial charge on any atom is -0.453 e. The Bertz CT molecular complexity index is 734. The van der Waals surface area contributed by atoms with Gasteiger partial charge in [-0.05, 0) is 27.2 Å². The molecule has 2 aromatic rings. The Balaban J connectivity index is 2.07. The molecule has 0 saturated heterocycles. The van der Waals surface area contributed by atoms with Gasteiger partial charge in [0.1, 0.15) is 0 Å². The van der Waals surface area contributed by atoms with Gasteiger partial charge in [-0.25, -0.2) is 14.6 Å². The highest BCUT2D eigenvalue weighted by Crippen LogP contribution is 2.26. The average molecular weight is 324 g/mol. The Morgan fingerprint density at radius 2 is 2.17 bits per heavy atom. The minimum atomic E-state index is -0.872. The number of aryl methyl sites for hydroxylation is 1. The summed E-state index contributed by atoms with van der Waals surface area (Å²) in [6.45, 7) is 6.59. The number of ether oxygens (including phenoxy) is 1. The molecule has 126 valence electrons. The third-order valence-corrected chi connectivity index (χ3v) is 3.33. The summed E-state index contributed by atoms with van der Waals surface area (Å²) in [5.74, 6) is -1.18. The number of nitrogens with one attached hydrogen (secondary N) is 1. The summed E-state index contributed by atoms with van der Waals surface area (Å²) in [6.07, 6.45) is 1.85. The van der Waals surface area contributed by atoms with Crippen molar-refractivity contribution in [1.82, 2.24) is 9.97 Å². The molecule has 2 rings (SSSR count). The first-order chi connectivity index (χ1) is 10.7. The van der Waals surface area contributed by atoms with E-state index in [4.69, 9.17) is 13.6 Å². The van der Waals surface area contributed by atoms with Crippen LogP contribution in [-0.4, -0.2) is 26.6 Å². The van der Waals surface area contributed by atoms with Crippen molar-refractivity contribution in [3.8, 4) is 0 Å². The number of aromatic nitrogens is 2. The molecule has 0 aliphatic heterocycles. The van der Waals surface area contributed by atoms with E-state index in [0.29, 0.717) is 12.1 Å². The monoisotopic (exact) mass is 324 g/mol. The van der Waals surface area contributed by atoms with Gasteiger partial charge < -0.3 is 23.7 Å². The lowest BCUT2D eigenvalue weighted by Crippen LogP contribution is -2.22. The number of imidazole rings is 1. The molecule has 1 atom stereocenters. The van der Waals surface area contributed by atoms with E-state index in [9.17, 15) is 14.7 Å². The predicted molar refractivity (Wildman–Crippen MR) is 79.0 cm³/mol. The van der Waals surface area contributed by atoms with E-state index in [2.05, 4.69) is 9.97 Å². The molecule has 0 fully saturated rings. The highest BCUT2D eigenvalue weighted by atomic mass is 16.6. The fraction of sp³-hybridized carbons (Fsp3) is 0.533. The van der Waals surface area contributed by atoms with E-state index in [-0.39, 0.29) is 29.7 Å². The van der Waals surface area contributed by atoms with Gasteiger partial charge in [0.15, 0.2) is 23.8 Å². The van der Waals surface area contributed by atoms with Gasteiger partial charge in [-0.1, -0.05) is 6.92 Å². The largest absolute Gasteiger partial charge is 0.519 e. The van der Waals surface area contributed by atoms with Crippen molar-refractivity contribution in [2.75, 3.05) is 0 Å². The summed E-state index contributed by atoms with van der Waals surface area (Å²) in [6, 6.07) is 0. The van der Waals surface area contributed by atoms with E-state index < -0.39 is 17.4 Å². The number of esters is 1. The van der Waals surface area contributed by atoms with E-state index in [1.54, 1.807) is 20.8 Å². The zero-order chi connectivity index (χ0) is 17.2. The Morgan fingerprint density at radius 1 is 1.48 bits per heavy atom. The first-order valence-corrected chi connectivity index (χ1v) is 7.19. The predicted octanol–water partition coefficient (Wildman–Crippen LogP) is 1.89. The van der Waals surface area contributed by atoms with Crippen molar-refractivity contribution in [2.45, 2.75) is 52.2 Å². The zero-order valence-electron chi connectivity index (χ0n) is 13.5. The highest BCUT2D eigenvalue weighted by Gasteiger charge is 2.25. The summed E-state index contributed by atoms with van der Waals surface area (Å²) < 4.78 is 14.6.